The van der Waals surface area contributed by atoms with Crippen LogP contribution < -0.4 is 15.0 Å². The number of Topliss-reactive ketones (excluding diaryl/α,β-unsaturated/α-hetero) is 1. The number of fused-ring (bicyclic) bond motifs is 1. The second kappa shape index (κ2) is 8.35. The molecule has 160 valence electrons. The third-order valence-corrected chi connectivity index (χ3v) is 6.11. The van der Waals surface area contributed by atoms with Gasteiger partial charge >= 0.3 is 0 Å². The molecule has 0 saturated carbocycles. The SMILES string of the molecule is COc1ccc(C(=O)N2c3ccccc3NC3=C(C(=O)CCC3)[C@@H]2c2ccccc2)cc1. The van der Waals surface area contributed by atoms with Crippen molar-refractivity contribution >= 4 is 23.1 Å². The molecule has 1 atom stereocenters. The van der Waals surface area contributed by atoms with E-state index in [-0.39, 0.29) is 11.7 Å². The Bertz CT molecular complexity index is 1200. The maximum absolute atomic E-state index is 14.0. The summed E-state index contributed by atoms with van der Waals surface area (Å²) in [6, 6.07) is 24.1. The van der Waals surface area contributed by atoms with Gasteiger partial charge in [-0.05, 0) is 54.8 Å². The number of methoxy groups -OCH3 is 1. The highest BCUT2D eigenvalue weighted by Gasteiger charge is 2.39. The first kappa shape index (κ1) is 20.1. The zero-order chi connectivity index (χ0) is 22.1. The van der Waals surface area contributed by atoms with Crippen LogP contribution in [0.25, 0.3) is 0 Å². The Morgan fingerprint density at radius 1 is 0.938 bits per heavy atom. The molecule has 5 nitrogen and oxygen atoms in total. The smallest absolute Gasteiger partial charge is 0.259 e. The minimum absolute atomic E-state index is 0.0907. The molecule has 1 N–H and O–H groups in total. The van der Waals surface area contributed by atoms with Gasteiger partial charge in [-0.25, -0.2) is 0 Å². The topological polar surface area (TPSA) is 58.6 Å². The third kappa shape index (κ3) is 3.46. The summed E-state index contributed by atoms with van der Waals surface area (Å²) in [5, 5.41) is 3.49. The third-order valence-electron chi connectivity index (χ3n) is 6.11. The van der Waals surface area contributed by atoms with Gasteiger partial charge in [-0.1, -0.05) is 42.5 Å². The minimum Gasteiger partial charge on any atom is -0.497 e. The number of allylic oxidation sites excluding steroid dienone is 1. The first-order chi connectivity index (χ1) is 15.7. The Morgan fingerprint density at radius 2 is 1.66 bits per heavy atom. The number of para-hydroxylation sites is 2. The lowest BCUT2D eigenvalue weighted by atomic mass is 9.85. The van der Waals surface area contributed by atoms with Crippen molar-refractivity contribution in [3.05, 3.63) is 101 Å². The molecule has 0 spiro atoms. The number of hydrogen-bond donors (Lipinski definition) is 1. The molecule has 1 aliphatic carbocycles. The Kier molecular flexibility index (Phi) is 5.23. The zero-order valence-electron chi connectivity index (χ0n) is 17.9. The number of ketones is 1. The minimum atomic E-state index is -0.509. The summed E-state index contributed by atoms with van der Waals surface area (Å²) < 4.78 is 5.26. The second-order valence-corrected chi connectivity index (χ2v) is 8.03. The molecule has 3 aromatic rings. The molecule has 0 saturated heterocycles. The summed E-state index contributed by atoms with van der Waals surface area (Å²) in [6.07, 6.45) is 2.08. The number of anilines is 2. The van der Waals surface area contributed by atoms with Gasteiger partial charge in [0.05, 0.1) is 24.5 Å². The molecule has 1 aliphatic heterocycles. The van der Waals surface area contributed by atoms with Crippen LogP contribution in [-0.2, 0) is 4.79 Å². The number of benzene rings is 3. The average Bonchev–Trinajstić information content (AvgIpc) is 2.99. The maximum Gasteiger partial charge on any atom is 0.259 e. The first-order valence-corrected chi connectivity index (χ1v) is 10.8. The molecule has 0 bridgehead atoms. The van der Waals surface area contributed by atoms with Crippen LogP contribution in [0, 0.1) is 0 Å². The van der Waals surface area contributed by atoms with E-state index in [0.29, 0.717) is 23.3 Å². The molecular formula is C27H24N2O3. The molecule has 1 amide bonds. The maximum atomic E-state index is 14.0. The lowest BCUT2D eigenvalue weighted by Crippen LogP contribution is -2.38. The fourth-order valence-electron chi connectivity index (χ4n) is 4.58. The molecule has 0 fully saturated rings. The lowest BCUT2D eigenvalue weighted by molar-refractivity contribution is -0.116. The number of nitrogens with zero attached hydrogens (tertiary/aromatic N) is 1. The molecule has 5 heteroatoms. The van der Waals surface area contributed by atoms with E-state index < -0.39 is 6.04 Å². The Labute approximate surface area is 187 Å². The first-order valence-electron chi connectivity index (χ1n) is 10.8. The van der Waals surface area contributed by atoms with Crippen molar-refractivity contribution in [2.24, 2.45) is 0 Å². The Hall–Kier alpha value is -3.86. The molecule has 0 aromatic heterocycles. The van der Waals surface area contributed by atoms with E-state index >= 15 is 0 Å². The van der Waals surface area contributed by atoms with Gasteiger partial charge in [-0.2, -0.15) is 0 Å². The van der Waals surface area contributed by atoms with Crippen LogP contribution in [0.4, 0.5) is 11.4 Å². The highest BCUT2D eigenvalue weighted by molar-refractivity contribution is 6.11. The molecule has 0 unspecified atom stereocenters. The number of amides is 1. The fraction of sp³-hybridized carbons (Fsp3) is 0.185. The van der Waals surface area contributed by atoms with E-state index in [1.54, 1.807) is 36.3 Å². The lowest BCUT2D eigenvalue weighted by Gasteiger charge is -2.34. The number of hydrogen-bond acceptors (Lipinski definition) is 4. The van der Waals surface area contributed by atoms with Crippen LogP contribution in [0.3, 0.4) is 0 Å². The quantitative estimate of drug-likeness (QED) is 0.602. The normalized spacial score (nSPS) is 17.7. The van der Waals surface area contributed by atoms with E-state index in [2.05, 4.69) is 5.32 Å². The van der Waals surface area contributed by atoms with Crippen LogP contribution in [0.15, 0.2) is 90.1 Å². The predicted molar refractivity (Wildman–Crippen MR) is 125 cm³/mol. The molecule has 2 aliphatic rings. The van der Waals surface area contributed by atoms with Gasteiger partial charge in [0.25, 0.3) is 5.91 Å². The van der Waals surface area contributed by atoms with Crippen molar-refractivity contribution < 1.29 is 14.3 Å². The summed E-state index contributed by atoms with van der Waals surface area (Å²) in [6.45, 7) is 0. The second-order valence-electron chi connectivity index (χ2n) is 8.03. The van der Waals surface area contributed by atoms with Crippen molar-refractivity contribution in [1.29, 1.82) is 0 Å². The Balaban J connectivity index is 1.74. The van der Waals surface area contributed by atoms with Gasteiger partial charge in [0.15, 0.2) is 5.78 Å². The highest BCUT2D eigenvalue weighted by atomic mass is 16.5. The van der Waals surface area contributed by atoms with E-state index in [4.69, 9.17) is 4.74 Å². The van der Waals surface area contributed by atoms with E-state index in [9.17, 15) is 9.59 Å². The van der Waals surface area contributed by atoms with Gasteiger partial charge in [-0.3, -0.25) is 14.5 Å². The molecule has 5 rings (SSSR count). The van der Waals surface area contributed by atoms with Gasteiger partial charge in [0.1, 0.15) is 5.75 Å². The van der Waals surface area contributed by atoms with Crippen LogP contribution in [0.5, 0.6) is 5.75 Å². The molecule has 0 radical (unpaired) electrons. The number of rotatable bonds is 3. The molecular weight excluding hydrogens is 400 g/mol. The largest absolute Gasteiger partial charge is 0.497 e. The fourth-order valence-corrected chi connectivity index (χ4v) is 4.58. The number of nitrogens with one attached hydrogen (secondary N) is 1. The van der Waals surface area contributed by atoms with Gasteiger partial charge in [0, 0.05) is 23.3 Å². The number of ether oxygens (including phenoxy) is 1. The summed E-state index contributed by atoms with van der Waals surface area (Å²) in [4.78, 5) is 29.0. The van der Waals surface area contributed by atoms with Crippen LogP contribution in [-0.4, -0.2) is 18.8 Å². The van der Waals surface area contributed by atoms with E-state index in [1.165, 1.54) is 0 Å². The summed E-state index contributed by atoms with van der Waals surface area (Å²) in [5.74, 6) is 0.613. The van der Waals surface area contributed by atoms with Gasteiger partial charge < -0.3 is 10.1 Å². The van der Waals surface area contributed by atoms with Gasteiger partial charge in [0.2, 0.25) is 0 Å². The van der Waals surface area contributed by atoms with Crippen molar-refractivity contribution in [3.63, 3.8) is 0 Å². The van der Waals surface area contributed by atoms with Crippen LogP contribution in [0.2, 0.25) is 0 Å². The van der Waals surface area contributed by atoms with Crippen LogP contribution in [0.1, 0.15) is 41.2 Å². The molecule has 3 aromatic carbocycles. The number of carbonyl (C=O) groups is 2. The molecule has 32 heavy (non-hydrogen) atoms. The van der Waals surface area contributed by atoms with Crippen molar-refractivity contribution in [3.8, 4) is 5.75 Å². The summed E-state index contributed by atoms with van der Waals surface area (Å²) >= 11 is 0. The van der Waals surface area contributed by atoms with E-state index in [1.807, 2.05) is 54.6 Å². The van der Waals surface area contributed by atoms with Gasteiger partial charge in [-0.15, -0.1) is 0 Å². The zero-order valence-corrected chi connectivity index (χ0v) is 17.9. The predicted octanol–water partition coefficient (Wildman–Crippen LogP) is 5.52. The summed E-state index contributed by atoms with van der Waals surface area (Å²) in [7, 11) is 1.60. The van der Waals surface area contributed by atoms with E-state index in [0.717, 1.165) is 35.5 Å². The van der Waals surface area contributed by atoms with Crippen molar-refractivity contribution in [2.75, 3.05) is 17.3 Å². The molecule has 1 heterocycles. The average molecular weight is 425 g/mol. The standard InChI is InChI=1S/C27H24N2O3/c1-32-20-16-14-19(15-17-20)27(31)29-23-12-6-5-10-21(23)28-22-11-7-13-24(30)25(22)26(29)18-8-3-2-4-9-18/h2-6,8-10,12,14-17,26,28H,7,11,13H2,1H3/t26-/m0/s1. The summed E-state index contributed by atoms with van der Waals surface area (Å²) in [5.41, 5.74) is 4.62. The van der Waals surface area contributed by atoms with Crippen LogP contribution >= 0.6 is 0 Å². The monoisotopic (exact) mass is 424 g/mol. The van der Waals surface area contributed by atoms with Crippen molar-refractivity contribution in [2.45, 2.75) is 25.3 Å². The number of carbonyl (C=O) groups excluding carboxylic acids is 2. The highest BCUT2D eigenvalue weighted by Crippen LogP contribution is 2.45. The Morgan fingerprint density at radius 3 is 2.41 bits per heavy atom. The van der Waals surface area contributed by atoms with Crippen molar-refractivity contribution in [1.82, 2.24) is 0 Å².